The van der Waals surface area contributed by atoms with E-state index in [-0.39, 0.29) is 11.2 Å². The highest BCUT2D eigenvalue weighted by Crippen LogP contribution is 2.23. The van der Waals surface area contributed by atoms with Crippen molar-refractivity contribution < 1.29 is 5.11 Å². The minimum Gasteiger partial charge on any atom is -0.503 e. The molecule has 3 rings (SSSR count). The molecule has 0 atom stereocenters. The van der Waals surface area contributed by atoms with Gasteiger partial charge in [0.2, 0.25) is 5.43 Å². The Morgan fingerprint density at radius 1 is 1.30 bits per heavy atom. The van der Waals surface area contributed by atoms with Crippen molar-refractivity contribution in [1.29, 1.82) is 0 Å². The van der Waals surface area contributed by atoms with Gasteiger partial charge in [0, 0.05) is 37.9 Å². The van der Waals surface area contributed by atoms with Crippen LogP contribution >= 0.6 is 0 Å². The number of benzene rings is 1. The molecule has 120 valence electrons. The molecule has 1 aliphatic heterocycles. The van der Waals surface area contributed by atoms with Gasteiger partial charge in [-0.3, -0.25) is 9.69 Å². The predicted molar refractivity (Wildman–Crippen MR) is 91.6 cm³/mol. The van der Waals surface area contributed by atoms with Gasteiger partial charge >= 0.3 is 0 Å². The maximum Gasteiger partial charge on any atom is 0.223 e. The molecule has 0 saturated heterocycles. The summed E-state index contributed by atoms with van der Waals surface area (Å²) in [7, 11) is 0. The van der Waals surface area contributed by atoms with Crippen LogP contribution in [0.2, 0.25) is 0 Å². The molecular formula is C19H22N2O2. The summed E-state index contributed by atoms with van der Waals surface area (Å²) < 4.78 is 1.96. The molecule has 0 saturated carbocycles. The van der Waals surface area contributed by atoms with Gasteiger partial charge in [-0.1, -0.05) is 30.3 Å². The van der Waals surface area contributed by atoms with Gasteiger partial charge in [0.05, 0.1) is 5.69 Å². The summed E-state index contributed by atoms with van der Waals surface area (Å²) >= 11 is 0. The van der Waals surface area contributed by atoms with Crippen LogP contribution in [0.4, 0.5) is 0 Å². The summed E-state index contributed by atoms with van der Waals surface area (Å²) in [6, 6.07) is 9.93. The first-order valence-electron chi connectivity index (χ1n) is 7.92. The second-order valence-corrected chi connectivity index (χ2v) is 6.07. The van der Waals surface area contributed by atoms with Crippen LogP contribution in [-0.2, 0) is 26.1 Å². The fraction of sp³-hybridized carbons (Fsp3) is 0.316. The van der Waals surface area contributed by atoms with Crippen molar-refractivity contribution in [3.63, 3.8) is 0 Å². The molecule has 1 aromatic carbocycles. The lowest BCUT2D eigenvalue weighted by Crippen LogP contribution is -2.32. The van der Waals surface area contributed by atoms with Crippen molar-refractivity contribution in [2.75, 3.05) is 6.54 Å². The van der Waals surface area contributed by atoms with E-state index < -0.39 is 0 Å². The van der Waals surface area contributed by atoms with Crippen LogP contribution in [-0.4, -0.2) is 21.1 Å². The first-order chi connectivity index (χ1) is 11.1. The zero-order chi connectivity index (χ0) is 16.4. The number of aromatic nitrogens is 1. The van der Waals surface area contributed by atoms with E-state index in [0.717, 1.165) is 25.2 Å². The Labute approximate surface area is 136 Å². The maximum atomic E-state index is 11.9. The second-order valence-electron chi connectivity index (χ2n) is 6.07. The van der Waals surface area contributed by atoms with Gasteiger partial charge in [-0.05, 0) is 24.5 Å². The summed E-state index contributed by atoms with van der Waals surface area (Å²) in [4.78, 5) is 14.2. The van der Waals surface area contributed by atoms with E-state index >= 15 is 0 Å². The van der Waals surface area contributed by atoms with Gasteiger partial charge in [0.15, 0.2) is 5.75 Å². The number of aryl methyl sites for hydroxylation is 1. The van der Waals surface area contributed by atoms with Crippen molar-refractivity contribution in [1.82, 2.24) is 9.47 Å². The van der Waals surface area contributed by atoms with Crippen molar-refractivity contribution in [3.05, 3.63) is 75.7 Å². The van der Waals surface area contributed by atoms with Crippen LogP contribution in [0.5, 0.6) is 5.75 Å². The van der Waals surface area contributed by atoms with Crippen LogP contribution in [0.1, 0.15) is 22.5 Å². The van der Waals surface area contributed by atoms with Crippen molar-refractivity contribution in [2.24, 2.45) is 0 Å². The van der Waals surface area contributed by atoms with Crippen LogP contribution in [0, 0.1) is 6.92 Å². The third-order valence-corrected chi connectivity index (χ3v) is 4.49. The first-order valence-corrected chi connectivity index (χ1v) is 7.92. The molecule has 2 heterocycles. The number of fused-ring (bicyclic) bond motifs is 1. The van der Waals surface area contributed by atoms with Gasteiger partial charge < -0.3 is 9.67 Å². The Morgan fingerprint density at radius 3 is 2.78 bits per heavy atom. The molecular weight excluding hydrogens is 288 g/mol. The largest absolute Gasteiger partial charge is 0.503 e. The lowest BCUT2D eigenvalue weighted by Gasteiger charge is -2.30. The molecule has 0 bridgehead atoms. The number of hydrogen-bond donors (Lipinski definition) is 1. The lowest BCUT2D eigenvalue weighted by atomic mass is 10.00. The average molecular weight is 310 g/mol. The fourth-order valence-corrected chi connectivity index (χ4v) is 3.26. The highest BCUT2D eigenvalue weighted by molar-refractivity contribution is 5.32. The number of allylic oxidation sites excluding steroid dienone is 1. The Morgan fingerprint density at radius 2 is 2.04 bits per heavy atom. The minimum absolute atomic E-state index is 0.142. The van der Waals surface area contributed by atoms with E-state index in [1.165, 1.54) is 17.2 Å². The lowest BCUT2D eigenvalue weighted by molar-refractivity contribution is 0.234. The molecule has 0 amide bonds. The standard InChI is InChI=1S/C19H22N2O2/c1-3-9-21-14(2)11-18(22)19(23)17(21)13-20-10-8-15-6-4-5-7-16(15)12-20/h3-7,11,23H,1,8-10,12-13H2,2H3. The molecule has 4 nitrogen and oxygen atoms in total. The molecule has 1 N–H and O–H groups in total. The summed E-state index contributed by atoms with van der Waals surface area (Å²) in [6.07, 6.45) is 2.78. The maximum absolute atomic E-state index is 11.9. The Balaban J connectivity index is 1.91. The summed E-state index contributed by atoms with van der Waals surface area (Å²) in [5, 5.41) is 10.3. The van der Waals surface area contributed by atoms with Gasteiger partial charge in [-0.15, -0.1) is 6.58 Å². The molecule has 0 unspecified atom stereocenters. The number of aromatic hydroxyl groups is 1. The summed E-state index contributed by atoms with van der Waals surface area (Å²) in [6.45, 7) is 8.57. The molecule has 0 fully saturated rings. The normalized spacial score (nSPS) is 14.5. The van der Waals surface area contributed by atoms with Crippen LogP contribution < -0.4 is 5.43 Å². The molecule has 1 aromatic heterocycles. The number of pyridine rings is 1. The summed E-state index contributed by atoms with van der Waals surface area (Å²) in [5.41, 5.74) is 3.92. The van der Waals surface area contributed by atoms with Crippen molar-refractivity contribution in [3.8, 4) is 5.75 Å². The zero-order valence-electron chi connectivity index (χ0n) is 13.5. The fourth-order valence-electron chi connectivity index (χ4n) is 3.26. The highest BCUT2D eigenvalue weighted by atomic mass is 16.3. The predicted octanol–water partition coefficient (Wildman–Crippen LogP) is 2.61. The van der Waals surface area contributed by atoms with Gasteiger partial charge in [0.25, 0.3) is 0 Å². The van der Waals surface area contributed by atoms with E-state index in [9.17, 15) is 9.90 Å². The van der Waals surface area contributed by atoms with E-state index in [0.29, 0.717) is 18.8 Å². The quantitative estimate of drug-likeness (QED) is 0.883. The Kier molecular flexibility index (Phi) is 4.35. The zero-order valence-corrected chi connectivity index (χ0v) is 13.5. The highest BCUT2D eigenvalue weighted by Gasteiger charge is 2.20. The van der Waals surface area contributed by atoms with Gasteiger partial charge in [-0.2, -0.15) is 0 Å². The molecule has 0 radical (unpaired) electrons. The monoisotopic (exact) mass is 310 g/mol. The molecule has 1 aliphatic rings. The number of rotatable bonds is 4. The van der Waals surface area contributed by atoms with Crippen molar-refractivity contribution >= 4 is 0 Å². The van der Waals surface area contributed by atoms with E-state index in [4.69, 9.17) is 0 Å². The molecule has 0 spiro atoms. The average Bonchev–Trinajstić information content (AvgIpc) is 2.55. The molecule has 0 aliphatic carbocycles. The Bertz CT molecular complexity index is 792. The Hall–Kier alpha value is -2.33. The third kappa shape index (κ3) is 3.08. The topological polar surface area (TPSA) is 45.5 Å². The van der Waals surface area contributed by atoms with E-state index in [2.05, 4.69) is 35.7 Å². The van der Waals surface area contributed by atoms with Crippen LogP contribution in [0.25, 0.3) is 0 Å². The van der Waals surface area contributed by atoms with Gasteiger partial charge in [-0.25, -0.2) is 0 Å². The molecule has 23 heavy (non-hydrogen) atoms. The summed E-state index contributed by atoms with van der Waals surface area (Å²) in [5.74, 6) is -0.142. The third-order valence-electron chi connectivity index (χ3n) is 4.49. The first kappa shape index (κ1) is 15.6. The van der Waals surface area contributed by atoms with Crippen molar-refractivity contribution in [2.45, 2.75) is 33.0 Å². The van der Waals surface area contributed by atoms with Gasteiger partial charge in [0.1, 0.15) is 0 Å². The number of hydrogen-bond acceptors (Lipinski definition) is 3. The van der Waals surface area contributed by atoms with E-state index in [1.54, 1.807) is 6.08 Å². The molecule has 4 heteroatoms. The SMILES string of the molecule is C=CCn1c(C)cc(=O)c(O)c1CN1CCc2ccccc2C1. The molecule has 2 aromatic rings. The van der Waals surface area contributed by atoms with Crippen LogP contribution in [0.3, 0.4) is 0 Å². The minimum atomic E-state index is -0.310. The number of nitrogens with zero attached hydrogens (tertiary/aromatic N) is 2. The van der Waals surface area contributed by atoms with E-state index in [1.807, 2.05) is 11.5 Å². The smallest absolute Gasteiger partial charge is 0.223 e. The van der Waals surface area contributed by atoms with Crippen LogP contribution in [0.15, 0.2) is 47.8 Å². The second kappa shape index (κ2) is 6.42.